The third kappa shape index (κ3) is 3.15. The molecule has 2 aromatic heterocycles. The Morgan fingerprint density at radius 3 is 2.38 bits per heavy atom. The summed E-state index contributed by atoms with van der Waals surface area (Å²) in [6, 6.07) is 9.84. The smallest absolute Gasteiger partial charge is 0.257 e. The summed E-state index contributed by atoms with van der Waals surface area (Å²) in [4.78, 5) is 7.98. The number of benzene rings is 1. The summed E-state index contributed by atoms with van der Waals surface area (Å²) in [7, 11) is 0. The van der Waals surface area contributed by atoms with E-state index in [0.717, 1.165) is 11.6 Å². The Morgan fingerprint density at radius 2 is 1.75 bits per heavy atom. The molecule has 7 heteroatoms. The average Bonchev–Trinajstić information content (AvgIpc) is 3.04. The molecule has 0 spiro atoms. The van der Waals surface area contributed by atoms with Crippen molar-refractivity contribution in [3.8, 4) is 22.9 Å². The molecule has 24 heavy (non-hydrogen) atoms. The van der Waals surface area contributed by atoms with Gasteiger partial charge in [0.05, 0.1) is 5.56 Å². The molecule has 1 N–H and O–H groups in total. The summed E-state index contributed by atoms with van der Waals surface area (Å²) < 4.78 is 39.2. The quantitative estimate of drug-likeness (QED) is 0.758. The van der Waals surface area contributed by atoms with Crippen LogP contribution >= 0.6 is 0 Å². The van der Waals surface area contributed by atoms with Crippen LogP contribution in [0.15, 0.2) is 42.6 Å². The van der Waals surface area contributed by atoms with Crippen LogP contribution in [0.1, 0.15) is 30.9 Å². The molecule has 2 heterocycles. The lowest BCUT2D eigenvalue weighted by molar-refractivity contribution is -0.137. The van der Waals surface area contributed by atoms with Crippen LogP contribution in [0.2, 0.25) is 0 Å². The fraction of sp³-hybridized carbons (Fsp3) is 0.235. The maximum absolute atomic E-state index is 13.1. The predicted octanol–water partition coefficient (Wildman–Crippen LogP) is 4.68. The maximum atomic E-state index is 13.1. The van der Waals surface area contributed by atoms with E-state index in [1.165, 1.54) is 17.8 Å². The highest BCUT2D eigenvalue weighted by Crippen LogP contribution is 2.34. The topological polar surface area (TPSA) is 54.5 Å². The molecule has 0 fully saturated rings. The van der Waals surface area contributed by atoms with Gasteiger partial charge in [-0.1, -0.05) is 38.1 Å². The highest BCUT2D eigenvalue weighted by atomic mass is 19.4. The van der Waals surface area contributed by atoms with Crippen molar-refractivity contribution in [2.75, 3.05) is 0 Å². The zero-order valence-corrected chi connectivity index (χ0v) is 13.1. The summed E-state index contributed by atoms with van der Waals surface area (Å²) in [5.74, 6) is 0.717. The van der Waals surface area contributed by atoms with Crippen molar-refractivity contribution in [3.05, 3.63) is 53.7 Å². The third-order valence-corrected chi connectivity index (χ3v) is 3.66. The molecule has 0 saturated carbocycles. The first kappa shape index (κ1) is 16.2. The van der Waals surface area contributed by atoms with Gasteiger partial charge in [-0.3, -0.25) is 10.1 Å². The van der Waals surface area contributed by atoms with Gasteiger partial charge in [0.25, 0.3) is 0 Å². The average molecular weight is 332 g/mol. The number of halogens is 3. The van der Waals surface area contributed by atoms with Crippen molar-refractivity contribution in [1.82, 2.24) is 20.2 Å². The summed E-state index contributed by atoms with van der Waals surface area (Å²) in [5, 5.41) is 6.56. The molecule has 1 aromatic carbocycles. The van der Waals surface area contributed by atoms with E-state index in [1.807, 2.05) is 24.3 Å². The number of H-pyrrole nitrogens is 1. The lowest BCUT2D eigenvalue weighted by Gasteiger charge is -2.09. The molecule has 0 atom stereocenters. The number of alkyl halides is 3. The van der Waals surface area contributed by atoms with E-state index in [-0.39, 0.29) is 11.5 Å². The second kappa shape index (κ2) is 6.07. The SMILES string of the molecule is CC(C)c1ccc(-c2n[nH]c(-c3ncccc3C(F)(F)F)n2)cc1. The molecule has 0 bridgehead atoms. The van der Waals surface area contributed by atoms with E-state index in [0.29, 0.717) is 11.7 Å². The van der Waals surface area contributed by atoms with Crippen LogP contribution < -0.4 is 0 Å². The summed E-state index contributed by atoms with van der Waals surface area (Å²) in [6.07, 6.45) is -3.21. The van der Waals surface area contributed by atoms with Crippen molar-refractivity contribution in [2.24, 2.45) is 0 Å². The zero-order valence-electron chi connectivity index (χ0n) is 13.1. The van der Waals surface area contributed by atoms with Gasteiger partial charge in [0, 0.05) is 11.8 Å². The highest BCUT2D eigenvalue weighted by molar-refractivity contribution is 5.61. The fourth-order valence-corrected chi connectivity index (χ4v) is 2.34. The Labute approximate surface area is 136 Å². The van der Waals surface area contributed by atoms with Crippen molar-refractivity contribution in [3.63, 3.8) is 0 Å². The molecule has 0 aliphatic rings. The Hall–Kier alpha value is -2.70. The van der Waals surface area contributed by atoms with Crippen LogP contribution in [-0.4, -0.2) is 20.2 Å². The molecule has 0 aliphatic heterocycles. The first-order valence-electron chi connectivity index (χ1n) is 7.41. The Kier molecular flexibility index (Phi) is 4.09. The van der Waals surface area contributed by atoms with Crippen molar-refractivity contribution in [2.45, 2.75) is 25.9 Å². The number of rotatable bonds is 3. The van der Waals surface area contributed by atoms with Gasteiger partial charge in [-0.05, 0) is 23.6 Å². The molecule has 124 valence electrons. The minimum Gasteiger partial charge on any atom is -0.257 e. The molecule has 0 aliphatic carbocycles. The third-order valence-electron chi connectivity index (χ3n) is 3.66. The second-order valence-electron chi connectivity index (χ2n) is 5.68. The first-order chi connectivity index (χ1) is 11.4. The largest absolute Gasteiger partial charge is 0.418 e. The Bertz CT molecular complexity index is 836. The van der Waals surface area contributed by atoms with Crippen LogP contribution in [0.5, 0.6) is 0 Å². The van der Waals surface area contributed by atoms with Crippen LogP contribution in [0, 0.1) is 0 Å². The van der Waals surface area contributed by atoms with Crippen LogP contribution in [-0.2, 0) is 6.18 Å². The van der Waals surface area contributed by atoms with Gasteiger partial charge in [0.2, 0.25) is 0 Å². The second-order valence-corrected chi connectivity index (χ2v) is 5.68. The van der Waals surface area contributed by atoms with E-state index >= 15 is 0 Å². The molecule has 0 amide bonds. The summed E-state index contributed by atoms with van der Waals surface area (Å²) in [6.45, 7) is 4.17. The number of aromatic nitrogens is 4. The molecule has 3 rings (SSSR count). The number of hydrogen-bond donors (Lipinski definition) is 1. The van der Waals surface area contributed by atoms with Gasteiger partial charge in [-0.15, -0.1) is 0 Å². The molecule has 0 radical (unpaired) electrons. The van der Waals surface area contributed by atoms with Crippen LogP contribution in [0.4, 0.5) is 13.2 Å². The van der Waals surface area contributed by atoms with Gasteiger partial charge in [-0.25, -0.2) is 4.98 Å². The van der Waals surface area contributed by atoms with Gasteiger partial charge >= 0.3 is 6.18 Å². The van der Waals surface area contributed by atoms with Crippen molar-refractivity contribution >= 4 is 0 Å². The van der Waals surface area contributed by atoms with Gasteiger partial charge < -0.3 is 0 Å². The zero-order chi connectivity index (χ0) is 17.3. The normalized spacial score (nSPS) is 11.9. The standard InChI is InChI=1S/C17H15F3N4/c1-10(2)11-5-7-12(8-6-11)15-22-16(24-23-15)14-13(17(18,19)20)4-3-9-21-14/h3-10H,1-2H3,(H,22,23,24). The minimum atomic E-state index is -4.50. The minimum absolute atomic E-state index is 0.00846. The fourth-order valence-electron chi connectivity index (χ4n) is 2.34. The number of hydrogen-bond acceptors (Lipinski definition) is 3. The number of nitrogens with zero attached hydrogens (tertiary/aromatic N) is 3. The molecule has 0 unspecified atom stereocenters. The lowest BCUT2D eigenvalue weighted by Crippen LogP contribution is -2.08. The molecule has 3 aromatic rings. The van der Waals surface area contributed by atoms with Crippen molar-refractivity contribution in [1.29, 1.82) is 0 Å². The van der Waals surface area contributed by atoms with E-state index in [2.05, 4.69) is 34.0 Å². The highest BCUT2D eigenvalue weighted by Gasteiger charge is 2.35. The van der Waals surface area contributed by atoms with Crippen LogP contribution in [0.25, 0.3) is 22.9 Å². The first-order valence-corrected chi connectivity index (χ1v) is 7.41. The summed E-state index contributed by atoms with van der Waals surface area (Å²) >= 11 is 0. The summed E-state index contributed by atoms with van der Waals surface area (Å²) in [5.41, 5.74) is 0.787. The number of aromatic amines is 1. The van der Waals surface area contributed by atoms with Gasteiger partial charge in [0.15, 0.2) is 11.6 Å². The van der Waals surface area contributed by atoms with Gasteiger partial charge in [0.1, 0.15) is 5.69 Å². The van der Waals surface area contributed by atoms with Crippen LogP contribution in [0.3, 0.4) is 0 Å². The number of nitrogens with one attached hydrogen (secondary N) is 1. The monoisotopic (exact) mass is 332 g/mol. The Balaban J connectivity index is 1.97. The number of pyridine rings is 1. The van der Waals surface area contributed by atoms with Crippen molar-refractivity contribution < 1.29 is 13.2 Å². The van der Waals surface area contributed by atoms with E-state index in [1.54, 1.807) is 0 Å². The molecule has 0 saturated heterocycles. The Morgan fingerprint density at radius 1 is 1.04 bits per heavy atom. The van der Waals surface area contributed by atoms with E-state index in [4.69, 9.17) is 0 Å². The maximum Gasteiger partial charge on any atom is 0.418 e. The predicted molar refractivity (Wildman–Crippen MR) is 84.1 cm³/mol. The molecular formula is C17H15F3N4. The molecular weight excluding hydrogens is 317 g/mol. The lowest BCUT2D eigenvalue weighted by atomic mass is 10.0. The molecule has 4 nitrogen and oxygen atoms in total. The van der Waals surface area contributed by atoms with E-state index < -0.39 is 11.7 Å². The van der Waals surface area contributed by atoms with Gasteiger partial charge in [-0.2, -0.15) is 18.3 Å². The van der Waals surface area contributed by atoms with E-state index in [9.17, 15) is 13.2 Å².